The zero-order chi connectivity index (χ0) is 11.6. The predicted molar refractivity (Wildman–Crippen MR) is 45.0 cm³/mol. The Labute approximate surface area is 82.1 Å². The first-order valence-corrected chi connectivity index (χ1v) is 3.65. The highest BCUT2D eigenvalue weighted by atomic mass is 19.1. The molecule has 78 valence electrons. The lowest BCUT2D eigenvalue weighted by atomic mass is 10.1. The largest absolute Gasteiger partial charge is 0.475 e. The Bertz CT molecular complexity index is 456. The molecule has 0 fully saturated rings. The third kappa shape index (κ3) is 2.13. The zero-order valence-corrected chi connectivity index (χ0v) is 7.14. The van der Waals surface area contributed by atoms with Crippen molar-refractivity contribution >= 4 is 17.4 Å². The second-order valence-corrected chi connectivity index (χ2v) is 2.55. The van der Waals surface area contributed by atoms with Gasteiger partial charge in [-0.2, -0.15) is 0 Å². The SMILES string of the molecule is O=C(O)C(=O)c1cc(F)ccc1[N+](=O)[O-]. The van der Waals surface area contributed by atoms with Gasteiger partial charge >= 0.3 is 5.97 Å². The number of halogens is 1. The highest BCUT2D eigenvalue weighted by molar-refractivity contribution is 6.40. The topological polar surface area (TPSA) is 97.5 Å². The van der Waals surface area contributed by atoms with E-state index >= 15 is 0 Å². The summed E-state index contributed by atoms with van der Waals surface area (Å²) in [5, 5.41) is 18.7. The molecule has 1 rings (SSSR count). The van der Waals surface area contributed by atoms with Gasteiger partial charge in [0.15, 0.2) is 0 Å². The molecule has 15 heavy (non-hydrogen) atoms. The van der Waals surface area contributed by atoms with Gasteiger partial charge in [0.25, 0.3) is 11.5 Å². The molecular weight excluding hydrogens is 209 g/mol. The first-order valence-electron chi connectivity index (χ1n) is 3.65. The van der Waals surface area contributed by atoms with Gasteiger partial charge in [-0.15, -0.1) is 0 Å². The van der Waals surface area contributed by atoms with E-state index in [1.165, 1.54) is 0 Å². The third-order valence-corrected chi connectivity index (χ3v) is 1.59. The molecule has 0 bridgehead atoms. The molecule has 0 aromatic heterocycles. The first kappa shape index (κ1) is 10.8. The van der Waals surface area contributed by atoms with Gasteiger partial charge in [-0.25, -0.2) is 9.18 Å². The maximum Gasteiger partial charge on any atom is 0.377 e. The van der Waals surface area contributed by atoms with Crippen molar-refractivity contribution in [1.29, 1.82) is 0 Å². The van der Waals surface area contributed by atoms with Gasteiger partial charge in [-0.05, 0) is 12.1 Å². The van der Waals surface area contributed by atoms with Crippen LogP contribution in [-0.2, 0) is 4.79 Å². The fourth-order valence-electron chi connectivity index (χ4n) is 0.965. The van der Waals surface area contributed by atoms with Crippen molar-refractivity contribution in [3.8, 4) is 0 Å². The van der Waals surface area contributed by atoms with Crippen molar-refractivity contribution in [2.45, 2.75) is 0 Å². The second-order valence-electron chi connectivity index (χ2n) is 2.55. The predicted octanol–water partition coefficient (Wildman–Crippen LogP) is 1.00. The minimum atomic E-state index is -1.87. The van der Waals surface area contributed by atoms with Crippen molar-refractivity contribution in [1.82, 2.24) is 0 Å². The second kappa shape index (κ2) is 3.82. The molecule has 0 amide bonds. The van der Waals surface area contributed by atoms with E-state index in [0.29, 0.717) is 6.07 Å². The van der Waals surface area contributed by atoms with Crippen molar-refractivity contribution in [2.75, 3.05) is 0 Å². The molecule has 0 spiro atoms. The molecule has 7 heteroatoms. The Morgan fingerprint density at radius 1 is 1.40 bits per heavy atom. The molecule has 0 aliphatic carbocycles. The van der Waals surface area contributed by atoms with E-state index in [1.54, 1.807) is 0 Å². The number of rotatable bonds is 3. The Hall–Kier alpha value is -2.31. The van der Waals surface area contributed by atoms with Gasteiger partial charge in [-0.1, -0.05) is 0 Å². The van der Waals surface area contributed by atoms with E-state index in [9.17, 15) is 24.1 Å². The average molecular weight is 213 g/mol. The Balaban J connectivity index is 3.37. The number of carboxylic acids is 1. The molecule has 0 saturated heterocycles. The molecule has 0 aliphatic rings. The molecule has 1 aromatic carbocycles. The van der Waals surface area contributed by atoms with E-state index in [0.717, 1.165) is 12.1 Å². The standard InChI is InChI=1S/C8H4FNO5/c9-4-1-2-6(10(14)15)5(3-4)7(11)8(12)13/h1-3H,(H,12,13). The number of ketones is 1. The fraction of sp³-hybridized carbons (Fsp3) is 0. The van der Waals surface area contributed by atoms with Crippen LogP contribution >= 0.6 is 0 Å². The molecule has 1 N–H and O–H groups in total. The number of hydrogen-bond donors (Lipinski definition) is 1. The van der Waals surface area contributed by atoms with Gasteiger partial charge in [0.2, 0.25) is 0 Å². The van der Waals surface area contributed by atoms with Gasteiger partial charge in [0, 0.05) is 6.07 Å². The zero-order valence-electron chi connectivity index (χ0n) is 7.14. The molecule has 0 atom stereocenters. The number of hydrogen-bond acceptors (Lipinski definition) is 4. The van der Waals surface area contributed by atoms with Gasteiger partial charge in [-0.3, -0.25) is 14.9 Å². The summed E-state index contributed by atoms with van der Waals surface area (Å²) in [6.45, 7) is 0. The summed E-state index contributed by atoms with van der Waals surface area (Å²) in [6, 6.07) is 2.04. The summed E-state index contributed by atoms with van der Waals surface area (Å²) in [6.07, 6.45) is 0. The minimum Gasteiger partial charge on any atom is -0.475 e. The van der Waals surface area contributed by atoms with Gasteiger partial charge in [0.05, 0.1) is 4.92 Å². The third-order valence-electron chi connectivity index (χ3n) is 1.59. The monoisotopic (exact) mass is 213 g/mol. The van der Waals surface area contributed by atoms with E-state index < -0.39 is 33.7 Å². The van der Waals surface area contributed by atoms with Crippen molar-refractivity contribution in [3.05, 3.63) is 39.7 Å². The minimum absolute atomic E-state index is 0.522. The van der Waals surface area contributed by atoms with Crippen molar-refractivity contribution in [2.24, 2.45) is 0 Å². The molecular formula is C8H4FNO5. The van der Waals surface area contributed by atoms with Crippen LogP contribution in [0.25, 0.3) is 0 Å². The van der Waals surface area contributed by atoms with Gasteiger partial charge in [0.1, 0.15) is 11.4 Å². The number of nitro benzene ring substituents is 1. The Morgan fingerprint density at radius 3 is 2.47 bits per heavy atom. The maximum absolute atomic E-state index is 12.7. The number of nitro groups is 1. The lowest BCUT2D eigenvalue weighted by Gasteiger charge is -1.98. The molecule has 0 heterocycles. The summed E-state index contributed by atoms with van der Waals surface area (Å²) in [5.74, 6) is -4.30. The van der Waals surface area contributed by atoms with Crippen LogP contribution in [0.2, 0.25) is 0 Å². The highest BCUT2D eigenvalue weighted by Crippen LogP contribution is 2.19. The van der Waals surface area contributed by atoms with Crippen molar-refractivity contribution < 1.29 is 24.0 Å². The number of carbonyl (C=O) groups excluding carboxylic acids is 1. The smallest absolute Gasteiger partial charge is 0.377 e. The Kier molecular flexibility index (Phi) is 2.75. The first-order chi connectivity index (χ1) is 6.93. The van der Waals surface area contributed by atoms with Crippen LogP contribution < -0.4 is 0 Å². The van der Waals surface area contributed by atoms with E-state index in [-0.39, 0.29) is 0 Å². The van der Waals surface area contributed by atoms with E-state index in [1.807, 2.05) is 0 Å². The van der Waals surface area contributed by atoms with Crippen LogP contribution in [0.5, 0.6) is 0 Å². The summed E-state index contributed by atoms with van der Waals surface area (Å²) in [5.41, 5.74) is -1.50. The molecule has 0 radical (unpaired) electrons. The van der Waals surface area contributed by atoms with E-state index in [2.05, 4.69) is 0 Å². The normalized spacial score (nSPS) is 9.67. The average Bonchev–Trinajstić information content (AvgIpc) is 2.15. The summed E-state index contributed by atoms with van der Waals surface area (Å²) >= 11 is 0. The van der Waals surface area contributed by atoms with Crippen LogP contribution in [0.15, 0.2) is 18.2 Å². The van der Waals surface area contributed by atoms with Crippen molar-refractivity contribution in [3.63, 3.8) is 0 Å². The van der Waals surface area contributed by atoms with Crippen LogP contribution in [0, 0.1) is 15.9 Å². The number of carbonyl (C=O) groups is 2. The lowest BCUT2D eigenvalue weighted by molar-refractivity contribution is -0.385. The number of Topliss-reactive ketones (excluding diaryl/α,β-unsaturated/α-hetero) is 1. The number of carboxylic acid groups (broad SMARTS) is 1. The highest BCUT2D eigenvalue weighted by Gasteiger charge is 2.25. The van der Waals surface area contributed by atoms with Crippen LogP contribution in [-0.4, -0.2) is 21.8 Å². The molecule has 6 nitrogen and oxygen atoms in total. The molecule has 0 saturated carbocycles. The molecule has 0 unspecified atom stereocenters. The van der Waals surface area contributed by atoms with Gasteiger partial charge < -0.3 is 5.11 Å². The number of aliphatic carboxylic acids is 1. The molecule has 0 aliphatic heterocycles. The van der Waals surface area contributed by atoms with Crippen LogP contribution in [0.1, 0.15) is 10.4 Å². The summed E-state index contributed by atoms with van der Waals surface area (Å²) in [4.78, 5) is 30.7. The fourth-order valence-corrected chi connectivity index (χ4v) is 0.965. The molecule has 1 aromatic rings. The quantitative estimate of drug-likeness (QED) is 0.349. The summed E-state index contributed by atoms with van der Waals surface area (Å²) in [7, 11) is 0. The Morgan fingerprint density at radius 2 is 2.00 bits per heavy atom. The summed E-state index contributed by atoms with van der Waals surface area (Å²) < 4.78 is 12.7. The van der Waals surface area contributed by atoms with Crippen LogP contribution in [0.4, 0.5) is 10.1 Å². The number of nitrogens with zero attached hydrogens (tertiary/aromatic N) is 1. The lowest BCUT2D eigenvalue weighted by Crippen LogP contribution is -2.14. The van der Waals surface area contributed by atoms with Crippen LogP contribution in [0.3, 0.4) is 0 Å². The number of benzene rings is 1. The maximum atomic E-state index is 12.7. The van der Waals surface area contributed by atoms with E-state index in [4.69, 9.17) is 5.11 Å².